The predicted molar refractivity (Wildman–Crippen MR) is 66.2 cm³/mol. The standard InChI is InChI=1S/C11H14ClNO3S/c12-6-10(14)9(13-11(15)16)7-17-8-4-2-1-3-5-8/h1-5,9-10,13-14H,6-7H2,(H,15,16)/p-1. The zero-order valence-electron chi connectivity index (χ0n) is 9.01. The summed E-state index contributed by atoms with van der Waals surface area (Å²) in [6.45, 7) is 0. The molecule has 0 aliphatic heterocycles. The number of rotatable bonds is 6. The summed E-state index contributed by atoms with van der Waals surface area (Å²) in [6, 6.07) is 8.86. The lowest BCUT2D eigenvalue weighted by Crippen LogP contribution is -2.50. The van der Waals surface area contributed by atoms with E-state index in [0.717, 1.165) is 4.90 Å². The lowest BCUT2D eigenvalue weighted by Gasteiger charge is -2.23. The fraction of sp³-hybridized carbons (Fsp3) is 0.364. The molecule has 2 unspecified atom stereocenters. The molecule has 0 aliphatic carbocycles. The van der Waals surface area contributed by atoms with Crippen molar-refractivity contribution in [3.8, 4) is 0 Å². The molecule has 0 heterocycles. The number of hydrogen-bond donors (Lipinski definition) is 2. The molecule has 6 heteroatoms. The molecular formula is C11H13ClNO3S-. The normalized spacial score (nSPS) is 14.0. The first kappa shape index (κ1) is 14.2. The van der Waals surface area contributed by atoms with Gasteiger partial charge in [0.25, 0.3) is 0 Å². The van der Waals surface area contributed by atoms with Crippen molar-refractivity contribution in [2.24, 2.45) is 0 Å². The van der Waals surface area contributed by atoms with E-state index in [1.165, 1.54) is 11.8 Å². The molecule has 0 radical (unpaired) electrons. The number of benzene rings is 1. The van der Waals surface area contributed by atoms with Gasteiger partial charge in [-0.3, -0.25) is 0 Å². The minimum atomic E-state index is -1.41. The Hall–Kier alpha value is -0.910. The van der Waals surface area contributed by atoms with Gasteiger partial charge in [0.2, 0.25) is 0 Å². The van der Waals surface area contributed by atoms with E-state index in [4.69, 9.17) is 11.6 Å². The molecule has 0 aliphatic rings. The number of carboxylic acid groups (broad SMARTS) is 1. The number of thioether (sulfide) groups is 1. The molecular weight excluding hydrogens is 262 g/mol. The minimum absolute atomic E-state index is 0.0275. The van der Waals surface area contributed by atoms with Gasteiger partial charge in [-0.1, -0.05) is 18.2 Å². The number of hydrogen-bond acceptors (Lipinski definition) is 4. The van der Waals surface area contributed by atoms with Gasteiger partial charge in [-0.15, -0.1) is 23.4 Å². The van der Waals surface area contributed by atoms with E-state index in [9.17, 15) is 15.0 Å². The van der Waals surface area contributed by atoms with Crippen LogP contribution in [0, 0.1) is 0 Å². The molecule has 94 valence electrons. The first-order valence-electron chi connectivity index (χ1n) is 5.03. The van der Waals surface area contributed by atoms with E-state index < -0.39 is 18.2 Å². The summed E-state index contributed by atoms with van der Waals surface area (Å²) in [4.78, 5) is 11.5. The number of aliphatic hydroxyl groups is 1. The highest BCUT2D eigenvalue weighted by molar-refractivity contribution is 7.99. The van der Waals surface area contributed by atoms with Crippen molar-refractivity contribution < 1.29 is 15.0 Å². The highest BCUT2D eigenvalue weighted by atomic mass is 35.5. The Morgan fingerprint density at radius 1 is 1.47 bits per heavy atom. The molecule has 0 saturated carbocycles. The molecule has 2 N–H and O–H groups in total. The van der Waals surface area contributed by atoms with Crippen molar-refractivity contribution in [3.05, 3.63) is 30.3 Å². The van der Waals surface area contributed by atoms with Crippen LogP contribution in [-0.4, -0.2) is 35.0 Å². The molecule has 1 rings (SSSR count). The van der Waals surface area contributed by atoms with Crippen molar-refractivity contribution in [3.63, 3.8) is 0 Å². The van der Waals surface area contributed by atoms with Crippen LogP contribution >= 0.6 is 23.4 Å². The summed E-state index contributed by atoms with van der Waals surface area (Å²) in [6.07, 6.45) is -2.33. The monoisotopic (exact) mass is 274 g/mol. The lowest BCUT2D eigenvalue weighted by molar-refractivity contribution is -0.252. The quantitative estimate of drug-likeness (QED) is 0.591. The van der Waals surface area contributed by atoms with Crippen molar-refractivity contribution >= 4 is 29.5 Å². The van der Waals surface area contributed by atoms with Crippen molar-refractivity contribution in [2.45, 2.75) is 17.0 Å². The van der Waals surface area contributed by atoms with Crippen molar-refractivity contribution in [1.29, 1.82) is 0 Å². The van der Waals surface area contributed by atoms with E-state index >= 15 is 0 Å². The average molecular weight is 275 g/mol. The third-order valence-corrected chi connectivity index (χ3v) is 3.55. The SMILES string of the molecule is O=C([O-])NC(CSc1ccccc1)C(O)CCl. The number of nitrogens with one attached hydrogen (secondary N) is 1. The third-order valence-electron chi connectivity index (χ3n) is 2.10. The van der Waals surface area contributed by atoms with Gasteiger partial charge in [-0.2, -0.15) is 0 Å². The predicted octanol–water partition coefficient (Wildman–Crippen LogP) is 0.680. The molecule has 0 aromatic heterocycles. The maximum atomic E-state index is 10.5. The average Bonchev–Trinajstić information content (AvgIpc) is 2.34. The molecule has 0 bridgehead atoms. The van der Waals surface area contributed by atoms with Crippen LogP contribution in [-0.2, 0) is 0 Å². The topological polar surface area (TPSA) is 72.4 Å². The largest absolute Gasteiger partial charge is 0.530 e. The van der Waals surface area contributed by atoms with Gasteiger partial charge in [0.15, 0.2) is 0 Å². The maximum absolute atomic E-state index is 10.5. The fourth-order valence-electron chi connectivity index (χ4n) is 1.21. The number of carbonyl (C=O) groups excluding carboxylic acids is 1. The van der Waals surface area contributed by atoms with Crippen LogP contribution in [0.25, 0.3) is 0 Å². The van der Waals surface area contributed by atoms with Crippen LogP contribution in [0.2, 0.25) is 0 Å². The Morgan fingerprint density at radius 3 is 2.65 bits per heavy atom. The van der Waals surface area contributed by atoms with E-state index in [2.05, 4.69) is 5.32 Å². The molecule has 0 spiro atoms. The van der Waals surface area contributed by atoms with Crippen LogP contribution in [0.3, 0.4) is 0 Å². The van der Waals surface area contributed by atoms with Gasteiger partial charge in [0.05, 0.1) is 18.0 Å². The second kappa shape index (κ2) is 7.42. The van der Waals surface area contributed by atoms with Gasteiger partial charge in [-0.25, -0.2) is 0 Å². The first-order chi connectivity index (χ1) is 8.13. The Morgan fingerprint density at radius 2 is 2.12 bits per heavy atom. The first-order valence-corrected chi connectivity index (χ1v) is 6.55. The number of aliphatic hydroxyl groups excluding tert-OH is 1. The van der Waals surface area contributed by atoms with Gasteiger partial charge in [0, 0.05) is 10.6 Å². The number of carbonyl (C=O) groups is 1. The fourth-order valence-corrected chi connectivity index (χ4v) is 2.45. The molecule has 1 aromatic carbocycles. The van der Waals surface area contributed by atoms with Crippen LogP contribution in [0.4, 0.5) is 4.79 Å². The van der Waals surface area contributed by atoms with E-state index in [0.29, 0.717) is 5.75 Å². The number of halogens is 1. The van der Waals surface area contributed by atoms with E-state index in [1.54, 1.807) is 0 Å². The van der Waals surface area contributed by atoms with Crippen LogP contribution in [0.5, 0.6) is 0 Å². The summed E-state index contributed by atoms with van der Waals surface area (Å²) in [7, 11) is 0. The Balaban J connectivity index is 2.51. The zero-order valence-corrected chi connectivity index (χ0v) is 10.6. The second-order valence-corrected chi connectivity index (χ2v) is 4.79. The minimum Gasteiger partial charge on any atom is -0.530 e. The van der Waals surface area contributed by atoms with Gasteiger partial charge in [0.1, 0.15) is 6.09 Å². The van der Waals surface area contributed by atoms with E-state index in [1.807, 2.05) is 30.3 Å². The highest BCUT2D eigenvalue weighted by Gasteiger charge is 2.18. The summed E-state index contributed by atoms with van der Waals surface area (Å²) in [5.74, 6) is 0.367. The molecule has 0 fully saturated rings. The number of amides is 1. The third kappa shape index (κ3) is 5.30. The summed E-state index contributed by atoms with van der Waals surface area (Å²) in [5.41, 5.74) is 0. The molecule has 1 aromatic rings. The summed E-state index contributed by atoms with van der Waals surface area (Å²) < 4.78 is 0. The Bertz CT molecular complexity index is 350. The van der Waals surface area contributed by atoms with Gasteiger partial charge >= 0.3 is 0 Å². The van der Waals surface area contributed by atoms with Crippen LogP contribution < -0.4 is 10.4 Å². The smallest absolute Gasteiger partial charge is 0.134 e. The molecule has 2 atom stereocenters. The molecule has 0 saturated heterocycles. The van der Waals surface area contributed by atoms with Gasteiger partial charge in [-0.05, 0) is 12.1 Å². The van der Waals surface area contributed by atoms with E-state index in [-0.39, 0.29) is 5.88 Å². The van der Waals surface area contributed by atoms with Crippen molar-refractivity contribution in [2.75, 3.05) is 11.6 Å². The van der Waals surface area contributed by atoms with Crippen molar-refractivity contribution in [1.82, 2.24) is 5.32 Å². The Labute approximate surface area is 109 Å². The van der Waals surface area contributed by atoms with Crippen LogP contribution in [0.1, 0.15) is 0 Å². The van der Waals surface area contributed by atoms with Crippen LogP contribution in [0.15, 0.2) is 35.2 Å². The lowest BCUT2D eigenvalue weighted by atomic mass is 10.2. The molecule has 4 nitrogen and oxygen atoms in total. The molecule has 1 amide bonds. The summed E-state index contributed by atoms with van der Waals surface area (Å²) in [5, 5.41) is 22.2. The number of alkyl halides is 1. The second-order valence-electron chi connectivity index (χ2n) is 3.38. The van der Waals surface area contributed by atoms with Gasteiger partial charge < -0.3 is 20.3 Å². The highest BCUT2D eigenvalue weighted by Crippen LogP contribution is 2.19. The molecule has 17 heavy (non-hydrogen) atoms. The Kier molecular flexibility index (Phi) is 6.18. The zero-order chi connectivity index (χ0) is 12.7. The summed E-state index contributed by atoms with van der Waals surface area (Å²) >= 11 is 6.94. The maximum Gasteiger partial charge on any atom is 0.134 e.